The zero-order chi connectivity index (χ0) is 9.52. The molecule has 0 saturated carbocycles. The van der Waals surface area contributed by atoms with Crippen LogP contribution in [-0.2, 0) is 6.42 Å². The minimum absolute atomic E-state index is 1.03. The van der Waals surface area contributed by atoms with Gasteiger partial charge in [-0.1, -0.05) is 24.1 Å². The topological polar surface area (TPSA) is 0 Å². The van der Waals surface area contributed by atoms with Crippen LogP contribution in [0, 0.1) is 10.8 Å². The van der Waals surface area contributed by atoms with Gasteiger partial charge in [-0.15, -0.1) is 6.58 Å². The number of allylic oxidation sites excluding steroid dienone is 1. The fraction of sp³-hybridized carbons (Fsp3) is 0.167. The molecule has 1 heteroatoms. The SMILES string of the molecule is C=CCCc1ccc(C#CBr)cc1. The van der Waals surface area contributed by atoms with Crippen molar-refractivity contribution < 1.29 is 0 Å². The van der Waals surface area contributed by atoms with Crippen LogP contribution in [0.5, 0.6) is 0 Å². The van der Waals surface area contributed by atoms with Crippen molar-refractivity contribution in [3.63, 3.8) is 0 Å². The van der Waals surface area contributed by atoms with E-state index in [1.807, 2.05) is 18.2 Å². The number of benzene rings is 1. The minimum Gasteiger partial charge on any atom is -0.103 e. The van der Waals surface area contributed by atoms with E-state index in [2.05, 4.69) is 45.4 Å². The lowest BCUT2D eigenvalue weighted by Crippen LogP contribution is -1.83. The van der Waals surface area contributed by atoms with Gasteiger partial charge in [0.1, 0.15) is 0 Å². The molecule has 0 aliphatic rings. The van der Waals surface area contributed by atoms with Crippen LogP contribution in [0.2, 0.25) is 0 Å². The Balaban J connectivity index is 2.67. The second-order valence-electron chi connectivity index (χ2n) is 2.74. The summed E-state index contributed by atoms with van der Waals surface area (Å²) in [6.45, 7) is 3.69. The molecule has 0 amide bonds. The first-order valence-electron chi connectivity index (χ1n) is 4.18. The number of aryl methyl sites for hydroxylation is 1. The molecule has 0 N–H and O–H groups in total. The van der Waals surface area contributed by atoms with E-state index in [1.54, 1.807) is 0 Å². The Hall–Kier alpha value is -1.00. The number of rotatable bonds is 3. The lowest BCUT2D eigenvalue weighted by molar-refractivity contribution is 1.00. The molecule has 1 rings (SSSR count). The summed E-state index contributed by atoms with van der Waals surface area (Å²) in [5, 5.41) is 0. The van der Waals surface area contributed by atoms with Crippen LogP contribution in [0.25, 0.3) is 0 Å². The summed E-state index contributed by atoms with van der Waals surface area (Å²) in [7, 11) is 0. The van der Waals surface area contributed by atoms with Gasteiger partial charge in [0.15, 0.2) is 0 Å². The summed E-state index contributed by atoms with van der Waals surface area (Å²) < 4.78 is 0. The molecule has 0 radical (unpaired) electrons. The molecule has 0 nitrogen and oxygen atoms in total. The highest BCUT2D eigenvalue weighted by Gasteiger charge is 1.90. The van der Waals surface area contributed by atoms with Gasteiger partial charge in [-0.05, 0) is 35.4 Å². The molecule has 1 aromatic rings. The second-order valence-corrected chi connectivity index (χ2v) is 3.14. The Morgan fingerprint density at radius 1 is 1.31 bits per heavy atom. The third kappa shape index (κ3) is 3.48. The van der Waals surface area contributed by atoms with E-state index in [-0.39, 0.29) is 0 Å². The van der Waals surface area contributed by atoms with Crippen molar-refractivity contribution in [3.05, 3.63) is 48.0 Å². The first-order chi connectivity index (χ1) is 6.36. The fourth-order valence-electron chi connectivity index (χ4n) is 1.08. The molecule has 1 aromatic carbocycles. The van der Waals surface area contributed by atoms with Gasteiger partial charge >= 0.3 is 0 Å². The highest BCUT2D eigenvalue weighted by molar-refractivity contribution is 9.12. The molecule has 66 valence electrons. The first-order valence-corrected chi connectivity index (χ1v) is 4.97. The average molecular weight is 235 g/mol. The van der Waals surface area contributed by atoms with Crippen molar-refractivity contribution in [2.45, 2.75) is 12.8 Å². The molecule has 0 fully saturated rings. The quantitative estimate of drug-likeness (QED) is 0.555. The molecule has 0 aliphatic heterocycles. The molecule has 0 unspecified atom stereocenters. The molecule has 0 spiro atoms. The van der Waals surface area contributed by atoms with Gasteiger partial charge in [-0.3, -0.25) is 0 Å². The van der Waals surface area contributed by atoms with Gasteiger partial charge in [-0.25, -0.2) is 0 Å². The molecule has 0 aliphatic carbocycles. The third-order valence-electron chi connectivity index (χ3n) is 1.78. The molecule has 0 atom stereocenters. The van der Waals surface area contributed by atoms with Crippen LogP contribution in [0.15, 0.2) is 36.9 Å². The van der Waals surface area contributed by atoms with E-state index in [1.165, 1.54) is 5.56 Å². The van der Waals surface area contributed by atoms with Crippen molar-refractivity contribution in [1.82, 2.24) is 0 Å². The summed E-state index contributed by atoms with van der Waals surface area (Å²) in [6, 6.07) is 8.28. The Morgan fingerprint density at radius 2 is 2.00 bits per heavy atom. The molecule has 0 aromatic heterocycles. The van der Waals surface area contributed by atoms with Gasteiger partial charge in [0, 0.05) is 21.5 Å². The predicted octanol–water partition coefficient (Wildman–Crippen LogP) is 3.51. The summed E-state index contributed by atoms with van der Waals surface area (Å²) >= 11 is 3.07. The number of hydrogen-bond donors (Lipinski definition) is 0. The Kier molecular flexibility index (Phi) is 4.35. The molecule has 0 bridgehead atoms. The maximum Gasteiger partial charge on any atom is 0.0254 e. The maximum absolute atomic E-state index is 3.69. The van der Waals surface area contributed by atoms with E-state index in [9.17, 15) is 0 Å². The van der Waals surface area contributed by atoms with Crippen LogP contribution >= 0.6 is 15.9 Å². The monoisotopic (exact) mass is 234 g/mol. The van der Waals surface area contributed by atoms with Crippen molar-refractivity contribution in [3.8, 4) is 10.8 Å². The third-order valence-corrected chi connectivity index (χ3v) is 1.98. The fourth-order valence-corrected chi connectivity index (χ4v) is 1.31. The summed E-state index contributed by atoms with van der Waals surface area (Å²) in [5.74, 6) is 2.94. The molecule has 13 heavy (non-hydrogen) atoms. The van der Waals surface area contributed by atoms with Crippen LogP contribution < -0.4 is 0 Å². The molecular weight excluding hydrogens is 224 g/mol. The number of halogens is 1. The van der Waals surface area contributed by atoms with E-state index >= 15 is 0 Å². The number of hydrogen-bond acceptors (Lipinski definition) is 0. The van der Waals surface area contributed by atoms with Gasteiger partial charge < -0.3 is 0 Å². The standard InChI is InChI=1S/C12H11Br/c1-2-3-4-11-5-7-12(8-6-11)9-10-13/h2,5-8H,1,3-4H2. The minimum atomic E-state index is 1.03. The van der Waals surface area contributed by atoms with E-state index in [0.29, 0.717) is 0 Å². The summed E-state index contributed by atoms with van der Waals surface area (Å²) in [5.41, 5.74) is 2.37. The Labute approximate surface area is 87.8 Å². The summed E-state index contributed by atoms with van der Waals surface area (Å²) in [4.78, 5) is 2.69. The highest BCUT2D eigenvalue weighted by Crippen LogP contribution is 2.06. The average Bonchev–Trinajstić information content (AvgIpc) is 2.17. The largest absolute Gasteiger partial charge is 0.103 e. The van der Waals surface area contributed by atoms with Crippen LogP contribution in [-0.4, -0.2) is 0 Å². The van der Waals surface area contributed by atoms with Crippen molar-refractivity contribution >= 4 is 15.9 Å². The van der Waals surface area contributed by atoms with Gasteiger partial charge in [0.05, 0.1) is 0 Å². The molecule has 0 saturated heterocycles. The van der Waals surface area contributed by atoms with Gasteiger partial charge in [-0.2, -0.15) is 0 Å². The van der Waals surface area contributed by atoms with E-state index in [4.69, 9.17) is 0 Å². The molecular formula is C12H11Br. The van der Waals surface area contributed by atoms with Gasteiger partial charge in [0.2, 0.25) is 0 Å². The van der Waals surface area contributed by atoms with Gasteiger partial charge in [0.25, 0.3) is 0 Å². The second kappa shape index (κ2) is 5.61. The zero-order valence-electron chi connectivity index (χ0n) is 7.39. The van der Waals surface area contributed by atoms with Crippen molar-refractivity contribution in [2.24, 2.45) is 0 Å². The lowest BCUT2D eigenvalue weighted by Gasteiger charge is -1.97. The normalized spacial score (nSPS) is 8.69. The predicted molar refractivity (Wildman–Crippen MR) is 60.8 cm³/mol. The summed E-state index contributed by atoms with van der Waals surface area (Å²) in [6.07, 6.45) is 4.03. The Morgan fingerprint density at radius 3 is 2.54 bits per heavy atom. The lowest BCUT2D eigenvalue weighted by atomic mass is 10.1. The first kappa shape index (κ1) is 10.1. The van der Waals surface area contributed by atoms with Crippen LogP contribution in [0.4, 0.5) is 0 Å². The van der Waals surface area contributed by atoms with E-state index < -0.39 is 0 Å². The van der Waals surface area contributed by atoms with Crippen molar-refractivity contribution in [2.75, 3.05) is 0 Å². The Bertz CT molecular complexity index is 324. The smallest absolute Gasteiger partial charge is 0.0254 e. The van der Waals surface area contributed by atoms with E-state index in [0.717, 1.165) is 18.4 Å². The van der Waals surface area contributed by atoms with Crippen LogP contribution in [0.3, 0.4) is 0 Å². The van der Waals surface area contributed by atoms with Crippen molar-refractivity contribution in [1.29, 1.82) is 0 Å². The maximum atomic E-state index is 3.69. The van der Waals surface area contributed by atoms with Crippen LogP contribution in [0.1, 0.15) is 17.5 Å². The zero-order valence-corrected chi connectivity index (χ0v) is 8.97. The molecule has 0 heterocycles. The highest BCUT2D eigenvalue weighted by atomic mass is 79.9.